The number of nitrogens with one attached hydrogen (secondary N) is 1. The second-order valence-electron chi connectivity index (χ2n) is 4.91. The molecule has 2 aromatic rings. The number of nitrogens with zero attached hydrogens (tertiary/aromatic N) is 2. The van der Waals surface area contributed by atoms with Crippen molar-refractivity contribution in [3.63, 3.8) is 0 Å². The Morgan fingerprint density at radius 2 is 1.95 bits per heavy atom. The van der Waals surface area contributed by atoms with Crippen LogP contribution in [0.5, 0.6) is 11.6 Å². The lowest BCUT2D eigenvalue weighted by Crippen LogP contribution is -2.15. The number of benzene rings is 1. The maximum absolute atomic E-state index is 7.50. The third kappa shape index (κ3) is 2.93. The summed E-state index contributed by atoms with van der Waals surface area (Å²) in [5.41, 5.74) is 7.91. The molecule has 1 heterocycles. The highest BCUT2D eigenvalue weighted by Gasteiger charge is 2.12. The molecule has 0 spiro atoms. The van der Waals surface area contributed by atoms with Crippen molar-refractivity contribution < 1.29 is 4.74 Å². The molecule has 0 atom stereocenters. The fourth-order valence-electron chi connectivity index (χ4n) is 1.77. The Morgan fingerprint density at radius 3 is 2.60 bits per heavy atom. The third-order valence-electron chi connectivity index (χ3n) is 3.01. The van der Waals surface area contributed by atoms with Crippen molar-refractivity contribution in [2.75, 3.05) is 0 Å². The average molecular weight is 270 g/mol. The minimum Gasteiger partial charge on any atom is -0.437 e. The monoisotopic (exact) mass is 270 g/mol. The van der Waals surface area contributed by atoms with Gasteiger partial charge in [0.1, 0.15) is 11.6 Å². The van der Waals surface area contributed by atoms with Crippen LogP contribution in [0, 0.1) is 12.3 Å². The highest BCUT2D eigenvalue weighted by molar-refractivity contribution is 5.95. The van der Waals surface area contributed by atoms with Crippen LogP contribution in [0.3, 0.4) is 0 Å². The van der Waals surface area contributed by atoms with Crippen LogP contribution in [0.15, 0.2) is 30.6 Å². The van der Waals surface area contributed by atoms with E-state index in [1.807, 2.05) is 19.1 Å². The van der Waals surface area contributed by atoms with Crippen molar-refractivity contribution in [1.29, 1.82) is 5.41 Å². The van der Waals surface area contributed by atoms with Crippen LogP contribution < -0.4 is 10.5 Å². The summed E-state index contributed by atoms with van der Waals surface area (Å²) in [4.78, 5) is 8.13. The van der Waals surface area contributed by atoms with E-state index in [1.54, 1.807) is 0 Å². The van der Waals surface area contributed by atoms with Gasteiger partial charge in [0.2, 0.25) is 5.88 Å². The van der Waals surface area contributed by atoms with E-state index >= 15 is 0 Å². The first-order chi connectivity index (χ1) is 9.49. The molecular weight excluding hydrogens is 252 g/mol. The Kier molecular flexibility index (Phi) is 3.98. The molecule has 1 aromatic carbocycles. The molecule has 104 valence electrons. The van der Waals surface area contributed by atoms with E-state index in [4.69, 9.17) is 15.9 Å². The predicted molar refractivity (Wildman–Crippen MR) is 78.4 cm³/mol. The summed E-state index contributed by atoms with van der Waals surface area (Å²) in [5, 5.41) is 7.50. The minimum absolute atomic E-state index is 0.161. The zero-order valence-corrected chi connectivity index (χ0v) is 11.8. The van der Waals surface area contributed by atoms with Crippen molar-refractivity contribution in [2.24, 2.45) is 5.73 Å². The van der Waals surface area contributed by atoms with Crippen LogP contribution in [0.1, 0.15) is 36.6 Å². The quantitative estimate of drug-likeness (QED) is 0.660. The molecular formula is C15H18N4O. The number of amidine groups is 1. The van der Waals surface area contributed by atoms with Crippen LogP contribution in [0.25, 0.3) is 0 Å². The smallest absolute Gasteiger partial charge is 0.249 e. The van der Waals surface area contributed by atoms with Gasteiger partial charge in [0.05, 0.1) is 0 Å². The van der Waals surface area contributed by atoms with Gasteiger partial charge in [-0.05, 0) is 30.0 Å². The van der Waals surface area contributed by atoms with Crippen LogP contribution in [0.2, 0.25) is 0 Å². The van der Waals surface area contributed by atoms with Gasteiger partial charge >= 0.3 is 0 Å². The number of aryl methyl sites for hydroxylation is 1. The molecule has 0 radical (unpaired) electrons. The van der Waals surface area contributed by atoms with Crippen LogP contribution in [-0.2, 0) is 0 Å². The molecule has 2 rings (SSSR count). The molecule has 0 bridgehead atoms. The molecule has 3 N–H and O–H groups in total. The van der Waals surface area contributed by atoms with Gasteiger partial charge in [-0.25, -0.2) is 9.97 Å². The summed E-state index contributed by atoms with van der Waals surface area (Å²) in [5.74, 6) is 1.21. The fourth-order valence-corrected chi connectivity index (χ4v) is 1.77. The molecule has 0 fully saturated rings. The molecule has 20 heavy (non-hydrogen) atoms. The van der Waals surface area contributed by atoms with Crippen molar-refractivity contribution in [2.45, 2.75) is 26.7 Å². The minimum atomic E-state index is -0.161. The Balaban J connectivity index is 2.40. The van der Waals surface area contributed by atoms with Crippen molar-refractivity contribution >= 4 is 5.84 Å². The summed E-state index contributed by atoms with van der Waals surface area (Å²) in [6.45, 7) is 6.21. The van der Waals surface area contributed by atoms with Gasteiger partial charge in [-0.15, -0.1) is 0 Å². The number of ether oxygens (including phenoxy) is 1. The lowest BCUT2D eigenvalue weighted by molar-refractivity contribution is 0.454. The lowest BCUT2D eigenvalue weighted by atomic mass is 10.0. The topological polar surface area (TPSA) is 84.9 Å². The highest BCUT2D eigenvalue weighted by atomic mass is 16.5. The molecule has 0 aliphatic carbocycles. The van der Waals surface area contributed by atoms with E-state index in [9.17, 15) is 0 Å². The number of aromatic nitrogens is 2. The maximum atomic E-state index is 7.50. The standard InChI is InChI=1S/C15H18N4O/c1-9(2)11-5-4-10(3)12(8-11)20-15-13(14(16)17)18-6-7-19-15/h4-9H,1-3H3,(H3,16,17). The Morgan fingerprint density at radius 1 is 1.25 bits per heavy atom. The predicted octanol–water partition coefficient (Wildman–Crippen LogP) is 2.98. The largest absolute Gasteiger partial charge is 0.437 e. The van der Waals surface area contributed by atoms with Crippen molar-refractivity contribution in [3.05, 3.63) is 47.4 Å². The van der Waals surface area contributed by atoms with Crippen LogP contribution in [0.4, 0.5) is 0 Å². The number of hydrogen-bond acceptors (Lipinski definition) is 4. The van der Waals surface area contributed by atoms with Crippen molar-refractivity contribution in [1.82, 2.24) is 9.97 Å². The average Bonchev–Trinajstić information content (AvgIpc) is 2.41. The Hall–Kier alpha value is -2.43. The summed E-state index contributed by atoms with van der Waals surface area (Å²) < 4.78 is 5.80. The molecule has 1 aromatic heterocycles. The van der Waals surface area contributed by atoms with E-state index < -0.39 is 0 Å². The summed E-state index contributed by atoms with van der Waals surface area (Å²) in [6, 6.07) is 6.07. The summed E-state index contributed by atoms with van der Waals surface area (Å²) in [7, 11) is 0. The molecule has 0 aliphatic rings. The maximum Gasteiger partial charge on any atom is 0.249 e. The molecule has 0 saturated heterocycles. The van der Waals surface area contributed by atoms with Gasteiger partial charge in [-0.1, -0.05) is 26.0 Å². The van der Waals surface area contributed by atoms with Crippen molar-refractivity contribution in [3.8, 4) is 11.6 Å². The molecule has 5 heteroatoms. The second kappa shape index (κ2) is 5.69. The first-order valence-corrected chi connectivity index (χ1v) is 6.43. The number of rotatable bonds is 4. The van der Waals surface area contributed by atoms with Crippen LogP contribution in [-0.4, -0.2) is 15.8 Å². The lowest BCUT2D eigenvalue weighted by Gasteiger charge is -2.13. The van der Waals surface area contributed by atoms with Gasteiger partial charge in [0, 0.05) is 12.4 Å². The second-order valence-corrected chi connectivity index (χ2v) is 4.91. The molecule has 0 unspecified atom stereocenters. The summed E-state index contributed by atoms with van der Waals surface area (Å²) >= 11 is 0. The molecule has 5 nitrogen and oxygen atoms in total. The van der Waals surface area contributed by atoms with Gasteiger partial charge in [-0.3, -0.25) is 5.41 Å². The number of nitrogens with two attached hydrogens (primary N) is 1. The van der Waals surface area contributed by atoms with E-state index in [1.165, 1.54) is 18.0 Å². The first-order valence-electron chi connectivity index (χ1n) is 6.43. The van der Waals surface area contributed by atoms with Gasteiger partial charge < -0.3 is 10.5 Å². The Bertz CT molecular complexity index is 638. The Labute approximate surface area is 118 Å². The summed E-state index contributed by atoms with van der Waals surface area (Å²) in [6.07, 6.45) is 3.00. The third-order valence-corrected chi connectivity index (χ3v) is 3.01. The van der Waals surface area contributed by atoms with Gasteiger partial charge in [0.15, 0.2) is 5.69 Å². The van der Waals surface area contributed by atoms with E-state index in [-0.39, 0.29) is 17.4 Å². The number of hydrogen-bond donors (Lipinski definition) is 2. The van der Waals surface area contributed by atoms with E-state index in [0.717, 1.165) is 5.56 Å². The van der Waals surface area contributed by atoms with Crippen LogP contribution >= 0.6 is 0 Å². The van der Waals surface area contributed by atoms with Gasteiger partial charge in [-0.2, -0.15) is 0 Å². The highest BCUT2D eigenvalue weighted by Crippen LogP contribution is 2.28. The van der Waals surface area contributed by atoms with Gasteiger partial charge in [0.25, 0.3) is 0 Å². The molecule has 0 amide bonds. The number of nitrogen functional groups attached to an aromatic ring is 1. The molecule has 0 saturated carbocycles. The SMILES string of the molecule is Cc1ccc(C(C)C)cc1Oc1nccnc1C(=N)N. The first kappa shape index (κ1) is 14.0. The van der Waals surface area contributed by atoms with E-state index in [2.05, 4.69) is 29.9 Å². The van der Waals surface area contributed by atoms with E-state index in [0.29, 0.717) is 11.7 Å². The normalized spacial score (nSPS) is 10.6. The zero-order chi connectivity index (χ0) is 14.7. The molecule has 0 aliphatic heterocycles. The zero-order valence-electron chi connectivity index (χ0n) is 11.8. The fraction of sp³-hybridized carbons (Fsp3) is 0.267.